The van der Waals surface area contributed by atoms with E-state index in [0.717, 1.165) is 17.0 Å². The van der Waals surface area contributed by atoms with Crippen molar-refractivity contribution in [2.24, 2.45) is 12.9 Å². The molecule has 0 bridgehead atoms. The zero-order valence-corrected chi connectivity index (χ0v) is 12.0. The van der Waals surface area contributed by atoms with Crippen molar-refractivity contribution in [3.05, 3.63) is 23.7 Å². The van der Waals surface area contributed by atoms with Crippen molar-refractivity contribution in [1.82, 2.24) is 19.7 Å². The number of nitrogens with one attached hydrogen (secondary N) is 1. The van der Waals surface area contributed by atoms with Crippen LogP contribution < -0.4 is 11.3 Å². The van der Waals surface area contributed by atoms with E-state index in [1.807, 2.05) is 26.2 Å². The van der Waals surface area contributed by atoms with Crippen molar-refractivity contribution < 1.29 is 0 Å². The molecule has 0 saturated carbocycles. The highest BCUT2D eigenvalue weighted by atomic mass is 15.3. The molecule has 2 rings (SSSR count). The molecular weight excluding hydrogens is 240 g/mol. The van der Waals surface area contributed by atoms with E-state index in [0.29, 0.717) is 11.6 Å². The molecule has 2 aromatic rings. The Labute approximate surface area is 113 Å². The Morgan fingerprint density at radius 1 is 1.26 bits per heavy atom. The van der Waals surface area contributed by atoms with E-state index in [4.69, 9.17) is 5.84 Å². The van der Waals surface area contributed by atoms with E-state index in [1.54, 1.807) is 4.68 Å². The molecule has 2 aromatic heterocycles. The Morgan fingerprint density at radius 2 is 1.95 bits per heavy atom. The number of hydrogen-bond donors (Lipinski definition) is 2. The molecule has 0 aliphatic carbocycles. The first kappa shape index (κ1) is 13.5. The molecule has 102 valence electrons. The molecule has 6 nitrogen and oxygen atoms in total. The summed E-state index contributed by atoms with van der Waals surface area (Å²) in [5.74, 6) is 6.74. The molecule has 0 amide bonds. The van der Waals surface area contributed by atoms with Crippen LogP contribution >= 0.6 is 0 Å². The molecule has 0 aromatic carbocycles. The maximum atomic E-state index is 5.49. The number of anilines is 1. The third kappa shape index (κ3) is 2.73. The molecule has 0 unspecified atom stereocenters. The fourth-order valence-electron chi connectivity index (χ4n) is 1.84. The maximum Gasteiger partial charge on any atom is 0.165 e. The Morgan fingerprint density at radius 3 is 2.42 bits per heavy atom. The number of aryl methyl sites for hydroxylation is 2. The van der Waals surface area contributed by atoms with Gasteiger partial charge in [0.15, 0.2) is 5.82 Å². The van der Waals surface area contributed by atoms with E-state index in [-0.39, 0.29) is 5.41 Å². The second-order valence-electron chi connectivity index (χ2n) is 5.66. The summed E-state index contributed by atoms with van der Waals surface area (Å²) in [7, 11) is 1.88. The number of nitrogens with zero attached hydrogens (tertiary/aromatic N) is 4. The second kappa shape index (κ2) is 4.62. The summed E-state index contributed by atoms with van der Waals surface area (Å²) in [4.78, 5) is 9.05. The fraction of sp³-hybridized carbons (Fsp3) is 0.462. The zero-order chi connectivity index (χ0) is 14.2. The van der Waals surface area contributed by atoms with E-state index in [2.05, 4.69) is 41.3 Å². The Bertz CT molecular complexity index is 594. The lowest BCUT2D eigenvalue weighted by Gasteiger charge is -2.19. The van der Waals surface area contributed by atoms with Crippen LogP contribution in [0.4, 0.5) is 5.82 Å². The van der Waals surface area contributed by atoms with Gasteiger partial charge in [-0.05, 0) is 6.92 Å². The van der Waals surface area contributed by atoms with Crippen molar-refractivity contribution in [2.45, 2.75) is 33.1 Å². The molecular formula is C13H20N6. The van der Waals surface area contributed by atoms with Crippen LogP contribution in [0.5, 0.6) is 0 Å². The molecule has 0 aliphatic rings. The van der Waals surface area contributed by atoms with Crippen LogP contribution in [0.1, 0.15) is 32.2 Å². The largest absolute Gasteiger partial charge is 0.308 e. The van der Waals surface area contributed by atoms with Crippen LogP contribution in [0.15, 0.2) is 12.3 Å². The minimum absolute atomic E-state index is 0.0700. The summed E-state index contributed by atoms with van der Waals surface area (Å²) < 4.78 is 1.76. The average Bonchev–Trinajstić information content (AvgIpc) is 2.66. The lowest BCUT2D eigenvalue weighted by Crippen LogP contribution is -2.17. The van der Waals surface area contributed by atoms with Gasteiger partial charge < -0.3 is 5.43 Å². The Balaban J connectivity index is 2.60. The number of hydrazine groups is 1. The number of hydrogen-bond acceptors (Lipinski definition) is 5. The van der Waals surface area contributed by atoms with Gasteiger partial charge in [0.1, 0.15) is 5.82 Å². The first-order valence-corrected chi connectivity index (χ1v) is 6.18. The summed E-state index contributed by atoms with van der Waals surface area (Å²) in [6.45, 7) is 8.26. The van der Waals surface area contributed by atoms with Gasteiger partial charge in [-0.15, -0.1) is 0 Å². The van der Waals surface area contributed by atoms with Gasteiger partial charge in [0.2, 0.25) is 0 Å². The molecule has 0 aliphatic heterocycles. The maximum absolute atomic E-state index is 5.49. The monoisotopic (exact) mass is 260 g/mol. The number of aromatic nitrogens is 4. The lowest BCUT2D eigenvalue weighted by molar-refractivity contribution is 0.568. The van der Waals surface area contributed by atoms with Gasteiger partial charge in [-0.1, -0.05) is 20.8 Å². The average molecular weight is 260 g/mol. The number of nitrogens with two attached hydrogens (primary N) is 1. The van der Waals surface area contributed by atoms with Crippen LogP contribution in [-0.4, -0.2) is 19.7 Å². The standard InChI is InChI=1S/C13H20N6/c1-8-9(7-19(5)18-8)12-15-10(13(2,3)4)6-11(16-12)17-14/h6-7H,14H2,1-5H3,(H,15,16,17). The smallest absolute Gasteiger partial charge is 0.165 e. The molecule has 0 spiro atoms. The predicted octanol–water partition coefficient (Wildman–Crippen LogP) is 1.77. The summed E-state index contributed by atoms with van der Waals surface area (Å²) in [5, 5.41) is 4.32. The third-order valence-corrected chi connectivity index (χ3v) is 2.90. The Hall–Kier alpha value is -1.95. The van der Waals surface area contributed by atoms with Gasteiger partial charge in [-0.3, -0.25) is 4.68 Å². The van der Waals surface area contributed by atoms with Gasteiger partial charge in [0, 0.05) is 24.7 Å². The normalized spacial score (nSPS) is 11.7. The van der Waals surface area contributed by atoms with Gasteiger partial charge in [0.25, 0.3) is 0 Å². The van der Waals surface area contributed by atoms with Gasteiger partial charge in [-0.2, -0.15) is 5.10 Å². The van der Waals surface area contributed by atoms with E-state index < -0.39 is 0 Å². The summed E-state index contributed by atoms with van der Waals surface area (Å²) in [6.07, 6.45) is 1.91. The predicted molar refractivity (Wildman–Crippen MR) is 75.5 cm³/mol. The van der Waals surface area contributed by atoms with E-state index in [9.17, 15) is 0 Å². The van der Waals surface area contributed by atoms with E-state index in [1.165, 1.54) is 0 Å². The van der Waals surface area contributed by atoms with Crippen molar-refractivity contribution in [1.29, 1.82) is 0 Å². The van der Waals surface area contributed by atoms with Crippen molar-refractivity contribution >= 4 is 5.82 Å². The van der Waals surface area contributed by atoms with Crippen LogP contribution in [0.25, 0.3) is 11.4 Å². The SMILES string of the molecule is Cc1nn(C)cc1-c1nc(NN)cc(C(C)(C)C)n1. The minimum atomic E-state index is -0.0700. The fourth-order valence-corrected chi connectivity index (χ4v) is 1.84. The van der Waals surface area contributed by atoms with Crippen LogP contribution in [0.2, 0.25) is 0 Å². The molecule has 0 saturated heterocycles. The van der Waals surface area contributed by atoms with Crippen molar-refractivity contribution in [3.8, 4) is 11.4 Å². The van der Waals surface area contributed by atoms with Crippen LogP contribution in [0.3, 0.4) is 0 Å². The Kier molecular flexibility index (Phi) is 3.28. The number of rotatable bonds is 2. The molecule has 3 N–H and O–H groups in total. The van der Waals surface area contributed by atoms with Gasteiger partial charge in [-0.25, -0.2) is 15.8 Å². The quantitative estimate of drug-likeness (QED) is 0.635. The van der Waals surface area contributed by atoms with Crippen LogP contribution in [-0.2, 0) is 12.5 Å². The van der Waals surface area contributed by atoms with Crippen molar-refractivity contribution in [2.75, 3.05) is 5.43 Å². The molecule has 0 radical (unpaired) electrons. The molecule has 2 heterocycles. The lowest BCUT2D eigenvalue weighted by atomic mass is 9.92. The van der Waals surface area contributed by atoms with Gasteiger partial charge in [0.05, 0.1) is 17.0 Å². The minimum Gasteiger partial charge on any atom is -0.308 e. The topological polar surface area (TPSA) is 81.7 Å². The molecule has 0 atom stereocenters. The van der Waals surface area contributed by atoms with Gasteiger partial charge >= 0.3 is 0 Å². The first-order valence-electron chi connectivity index (χ1n) is 6.18. The second-order valence-corrected chi connectivity index (χ2v) is 5.66. The first-order chi connectivity index (χ1) is 8.81. The molecule has 19 heavy (non-hydrogen) atoms. The van der Waals surface area contributed by atoms with E-state index >= 15 is 0 Å². The highest BCUT2D eigenvalue weighted by molar-refractivity contribution is 5.59. The molecule has 0 fully saturated rings. The van der Waals surface area contributed by atoms with Crippen LogP contribution in [0, 0.1) is 6.92 Å². The highest BCUT2D eigenvalue weighted by Crippen LogP contribution is 2.26. The number of nitrogen functional groups attached to an aromatic ring is 1. The zero-order valence-electron chi connectivity index (χ0n) is 12.0. The van der Waals surface area contributed by atoms with Crippen molar-refractivity contribution in [3.63, 3.8) is 0 Å². The summed E-state index contributed by atoms with van der Waals surface area (Å²) in [6, 6.07) is 1.87. The highest BCUT2D eigenvalue weighted by Gasteiger charge is 2.19. The third-order valence-electron chi connectivity index (χ3n) is 2.90. The summed E-state index contributed by atoms with van der Waals surface area (Å²) >= 11 is 0. The summed E-state index contributed by atoms with van der Waals surface area (Å²) in [5.41, 5.74) is 5.29. The molecule has 6 heteroatoms.